The van der Waals surface area contributed by atoms with Crippen molar-refractivity contribution in [3.8, 4) is 61.6 Å². The van der Waals surface area contributed by atoms with Gasteiger partial charge in [-0.3, -0.25) is 24.4 Å². The Morgan fingerprint density at radius 2 is 1.21 bits per heavy atom. The minimum Gasteiger partial charge on any atom is -0.296 e. The third-order valence-corrected chi connectivity index (χ3v) is 12.6. The number of pyridine rings is 4. The van der Waals surface area contributed by atoms with Gasteiger partial charge in [-0.25, -0.2) is 9.97 Å². The molecule has 0 spiro atoms. The van der Waals surface area contributed by atoms with E-state index >= 15 is 0 Å². The predicted molar refractivity (Wildman–Crippen MR) is 277 cm³/mol. The zero-order valence-electron chi connectivity index (χ0n) is 36.6. The van der Waals surface area contributed by atoms with E-state index in [4.69, 9.17) is 9.97 Å². The number of anilines is 3. The molecule has 0 atom stereocenters. The first kappa shape index (κ1) is 39.5. The Morgan fingerprint density at radius 1 is 0.522 bits per heavy atom. The number of rotatable bonds is 9. The number of nitrogens with zero attached hydrogens (tertiary/aromatic N) is 7. The first-order chi connectivity index (χ1) is 33.1. The Kier molecular flexibility index (Phi) is 9.72. The third-order valence-electron chi connectivity index (χ3n) is 12.6. The lowest BCUT2D eigenvalue weighted by Crippen LogP contribution is -2.17. The molecule has 0 saturated carbocycles. The van der Waals surface area contributed by atoms with E-state index in [9.17, 15) is 0 Å². The van der Waals surface area contributed by atoms with Gasteiger partial charge in [0.1, 0.15) is 11.6 Å². The van der Waals surface area contributed by atoms with Crippen molar-refractivity contribution >= 4 is 61.6 Å². The summed E-state index contributed by atoms with van der Waals surface area (Å²) in [6.45, 7) is 4.03. The van der Waals surface area contributed by atoms with E-state index in [2.05, 4.69) is 189 Å². The quantitative estimate of drug-likeness (QED) is 0.107. The van der Waals surface area contributed by atoms with Crippen LogP contribution >= 0.6 is 0 Å². The van der Waals surface area contributed by atoms with E-state index < -0.39 is 0 Å². The summed E-state index contributed by atoms with van der Waals surface area (Å²) in [5, 5.41) is 4.56. The van der Waals surface area contributed by atoms with E-state index in [1.165, 1.54) is 10.9 Å². The van der Waals surface area contributed by atoms with Crippen molar-refractivity contribution in [2.24, 2.45) is 4.99 Å². The van der Waals surface area contributed by atoms with Crippen molar-refractivity contribution in [3.63, 3.8) is 0 Å². The van der Waals surface area contributed by atoms with Gasteiger partial charge < -0.3 is 0 Å². The van der Waals surface area contributed by atoms with Crippen LogP contribution in [-0.2, 0) is 0 Å². The van der Waals surface area contributed by atoms with Crippen LogP contribution < -0.4 is 4.90 Å². The molecule has 11 aromatic rings. The van der Waals surface area contributed by atoms with Crippen LogP contribution in [0.4, 0.5) is 17.2 Å². The maximum Gasteiger partial charge on any atom is 0.138 e. The van der Waals surface area contributed by atoms with E-state index in [1.54, 1.807) is 19.3 Å². The standard InChI is InChI=1S/C60H41N7/c1-3-14-45(36-61-2)53-31-47(44-22-13-28-63-38-44)32-58(65-53)66-54-26-25-42(39-15-6-4-7-16-39)29-49(54)51-34-50-48-23-10-19-41-20-11-24-55(60(41)48)67(56(50)35-57(51)66)59-33-46(43-21-12-27-62-37-43)30-52(64-59)40-17-8-5-9-18-40/h3-38H,1H2,2H3/b45-14+,61-36?. The van der Waals surface area contributed by atoms with Crippen molar-refractivity contribution in [3.05, 3.63) is 225 Å². The lowest BCUT2D eigenvalue weighted by molar-refractivity contribution is 1.07. The molecule has 6 aromatic carbocycles. The van der Waals surface area contributed by atoms with Crippen molar-refractivity contribution in [2.75, 3.05) is 11.9 Å². The van der Waals surface area contributed by atoms with Gasteiger partial charge in [0.25, 0.3) is 0 Å². The monoisotopic (exact) mass is 859 g/mol. The van der Waals surface area contributed by atoms with Gasteiger partial charge >= 0.3 is 0 Å². The summed E-state index contributed by atoms with van der Waals surface area (Å²) in [6.07, 6.45) is 13.0. The number of fused-ring (bicyclic) bond motifs is 5. The minimum absolute atomic E-state index is 0.760. The molecule has 1 aliphatic rings. The van der Waals surface area contributed by atoms with Crippen LogP contribution in [0.25, 0.3) is 99.7 Å². The largest absolute Gasteiger partial charge is 0.296 e. The summed E-state index contributed by atoms with van der Waals surface area (Å²) in [5.41, 5.74) is 16.2. The molecule has 0 unspecified atom stereocenters. The smallest absolute Gasteiger partial charge is 0.138 e. The van der Waals surface area contributed by atoms with E-state index in [0.29, 0.717) is 0 Å². The average Bonchev–Trinajstić information content (AvgIpc) is 3.71. The molecule has 67 heavy (non-hydrogen) atoms. The van der Waals surface area contributed by atoms with Crippen LogP contribution in [0, 0.1) is 0 Å². The van der Waals surface area contributed by atoms with Gasteiger partial charge in [0.05, 0.1) is 33.8 Å². The van der Waals surface area contributed by atoms with Crippen LogP contribution in [0.1, 0.15) is 5.69 Å². The average molecular weight is 860 g/mol. The maximum atomic E-state index is 5.53. The second-order valence-electron chi connectivity index (χ2n) is 16.6. The molecule has 0 saturated heterocycles. The van der Waals surface area contributed by atoms with Crippen molar-refractivity contribution < 1.29 is 0 Å². The highest BCUT2D eigenvalue weighted by Gasteiger charge is 2.30. The Morgan fingerprint density at radius 3 is 1.93 bits per heavy atom. The Balaban J connectivity index is 1.20. The normalized spacial score (nSPS) is 12.3. The number of hydrogen-bond acceptors (Lipinski definition) is 6. The molecule has 1 aliphatic heterocycles. The van der Waals surface area contributed by atoms with Gasteiger partial charge in [0.2, 0.25) is 0 Å². The van der Waals surface area contributed by atoms with Crippen LogP contribution in [0.2, 0.25) is 0 Å². The lowest BCUT2D eigenvalue weighted by atomic mass is 9.90. The van der Waals surface area contributed by atoms with Crippen molar-refractivity contribution in [1.29, 1.82) is 0 Å². The predicted octanol–water partition coefficient (Wildman–Crippen LogP) is 14.9. The molecule has 6 heterocycles. The number of aromatic nitrogens is 5. The number of allylic oxidation sites excluding steroid dienone is 3. The summed E-state index contributed by atoms with van der Waals surface area (Å²) < 4.78 is 2.31. The molecule has 316 valence electrons. The third kappa shape index (κ3) is 6.89. The molecule has 7 heteroatoms. The topological polar surface area (TPSA) is 72.1 Å². The Hall–Kier alpha value is -9.07. The molecule has 0 bridgehead atoms. The summed E-state index contributed by atoms with van der Waals surface area (Å²) in [7, 11) is 1.78. The molecular weight excluding hydrogens is 819 g/mol. The Labute approximate surface area is 388 Å². The minimum atomic E-state index is 0.760. The molecule has 0 radical (unpaired) electrons. The molecule has 0 N–H and O–H groups in total. The lowest BCUT2D eigenvalue weighted by Gasteiger charge is -2.33. The zero-order chi connectivity index (χ0) is 44.8. The van der Waals surface area contributed by atoms with Gasteiger partial charge in [-0.2, -0.15) is 0 Å². The van der Waals surface area contributed by atoms with E-state index in [-0.39, 0.29) is 0 Å². The molecule has 0 fully saturated rings. The van der Waals surface area contributed by atoms with Gasteiger partial charge in [0, 0.05) is 82.0 Å². The first-order valence-electron chi connectivity index (χ1n) is 22.3. The highest BCUT2D eigenvalue weighted by molar-refractivity contribution is 6.19. The number of benzene rings is 6. The van der Waals surface area contributed by atoms with Gasteiger partial charge in [-0.1, -0.05) is 128 Å². The van der Waals surface area contributed by atoms with Crippen LogP contribution in [0.15, 0.2) is 224 Å². The van der Waals surface area contributed by atoms with Crippen LogP contribution in [-0.4, -0.2) is 37.8 Å². The van der Waals surface area contributed by atoms with Crippen LogP contribution in [0.3, 0.4) is 0 Å². The second-order valence-corrected chi connectivity index (χ2v) is 16.6. The van der Waals surface area contributed by atoms with Gasteiger partial charge in [0.15, 0.2) is 0 Å². The first-order valence-corrected chi connectivity index (χ1v) is 22.3. The van der Waals surface area contributed by atoms with Crippen molar-refractivity contribution in [1.82, 2.24) is 24.5 Å². The number of aliphatic imine (C=N–C) groups is 1. The molecule has 5 aromatic heterocycles. The van der Waals surface area contributed by atoms with E-state index in [1.807, 2.05) is 49.1 Å². The highest BCUT2D eigenvalue weighted by atomic mass is 15.2. The SMILES string of the molecule is C=C/C=C(\C=NC)c1cc(-c2cccnc2)cc(-n2c3ccc(-c4ccccc4)cc3c3cc4c(cc32)N(c2cc(-c3cccnc3)cc(-c3ccccc3)n2)c2cccc3cccc-4c23)n1. The summed E-state index contributed by atoms with van der Waals surface area (Å²) in [5.74, 6) is 1.56. The number of hydrogen-bond donors (Lipinski definition) is 0. The van der Waals surface area contributed by atoms with Gasteiger partial charge in [-0.05, 0) is 99.9 Å². The fourth-order valence-electron chi connectivity index (χ4n) is 9.65. The molecule has 12 rings (SSSR count). The molecular formula is C60H41N7. The van der Waals surface area contributed by atoms with Crippen molar-refractivity contribution in [2.45, 2.75) is 0 Å². The van der Waals surface area contributed by atoms with Gasteiger partial charge in [-0.15, -0.1) is 0 Å². The van der Waals surface area contributed by atoms with E-state index in [0.717, 1.165) is 112 Å². The fraction of sp³-hybridized carbons (Fsp3) is 0.0167. The summed E-state index contributed by atoms with van der Waals surface area (Å²) in [6, 6.07) is 62.5. The molecule has 0 aliphatic carbocycles. The summed E-state index contributed by atoms with van der Waals surface area (Å²) >= 11 is 0. The molecule has 7 nitrogen and oxygen atoms in total. The fourth-order valence-corrected chi connectivity index (χ4v) is 9.65. The highest BCUT2D eigenvalue weighted by Crippen LogP contribution is 2.53. The second kappa shape index (κ2) is 16.5. The van der Waals surface area contributed by atoms with Crippen LogP contribution in [0.5, 0.6) is 0 Å². The summed E-state index contributed by atoms with van der Waals surface area (Å²) in [4.78, 5) is 26.8. The maximum absolute atomic E-state index is 5.53. The molecule has 0 amide bonds. The zero-order valence-corrected chi connectivity index (χ0v) is 36.6. The Bertz CT molecular complexity index is 3700.